The third kappa shape index (κ3) is 6.46. The number of alkyl halides is 3. The molecule has 2 aliphatic heterocycles. The van der Waals surface area contributed by atoms with Crippen molar-refractivity contribution in [3.8, 4) is 0 Å². The molecule has 1 amide bonds. The summed E-state index contributed by atoms with van der Waals surface area (Å²) in [5.41, 5.74) is 2.49. The Balaban J connectivity index is 1.26. The summed E-state index contributed by atoms with van der Waals surface area (Å²) in [4.78, 5) is 22.8. The average molecular weight is 632 g/mol. The van der Waals surface area contributed by atoms with E-state index in [1.54, 1.807) is 42.3 Å². The molecule has 2 fully saturated rings. The fourth-order valence-electron chi connectivity index (χ4n) is 5.97. The van der Waals surface area contributed by atoms with Crippen LogP contribution in [0.2, 0.25) is 0 Å². The van der Waals surface area contributed by atoms with Crippen molar-refractivity contribution in [2.45, 2.75) is 63.0 Å². The van der Waals surface area contributed by atoms with Crippen molar-refractivity contribution in [3.05, 3.63) is 70.4 Å². The van der Waals surface area contributed by atoms with Crippen LogP contribution >= 0.6 is 7.60 Å². The zero-order valence-corrected chi connectivity index (χ0v) is 25.0. The lowest BCUT2D eigenvalue weighted by atomic mass is 9.80. The second-order valence-corrected chi connectivity index (χ2v) is 13.5. The van der Waals surface area contributed by atoms with Crippen molar-refractivity contribution in [3.63, 3.8) is 0 Å². The van der Waals surface area contributed by atoms with Crippen molar-refractivity contribution < 1.29 is 36.7 Å². The minimum atomic E-state index is -4.75. The number of hydrogen-bond donors (Lipinski definition) is 3. The van der Waals surface area contributed by atoms with E-state index in [1.165, 1.54) is 0 Å². The van der Waals surface area contributed by atoms with Crippen molar-refractivity contribution in [1.82, 2.24) is 14.9 Å². The van der Waals surface area contributed by atoms with Crippen LogP contribution in [0.3, 0.4) is 0 Å². The van der Waals surface area contributed by atoms with Crippen LogP contribution < -0.4 is 10.6 Å². The number of carbonyl (C=O) groups excluding carboxylic acids is 1. The molecule has 10 nitrogen and oxygen atoms in total. The lowest BCUT2D eigenvalue weighted by Gasteiger charge is -2.27. The van der Waals surface area contributed by atoms with Crippen molar-refractivity contribution in [1.29, 1.82) is 0 Å². The van der Waals surface area contributed by atoms with Gasteiger partial charge < -0.3 is 29.7 Å². The molecular weight excluding hydrogens is 598 g/mol. The van der Waals surface area contributed by atoms with Gasteiger partial charge in [0.15, 0.2) is 0 Å². The van der Waals surface area contributed by atoms with Crippen LogP contribution in [0.5, 0.6) is 0 Å². The summed E-state index contributed by atoms with van der Waals surface area (Å²) < 4.78 is 65.5. The van der Waals surface area contributed by atoms with Gasteiger partial charge in [-0.15, -0.1) is 0 Å². The van der Waals surface area contributed by atoms with E-state index < -0.39 is 25.2 Å². The summed E-state index contributed by atoms with van der Waals surface area (Å²) in [6.07, 6.45) is -0.703. The standard InChI is InChI=1S/C30H33F3N5O5P/c1-38-16-23-22(19-5-9-21(39)10-6-19)11-12-25(26(23)28(38)40)36-27-24(30(31,32)33)15-34-29(37-27)35-20-7-3-18(4-8-20)17-44(41)42-13-2-14-43-44/h3-4,7-8,11-12,15,19,21,39H,2,5-6,9-10,13-14,16-17H2,1H3,(H2,34,35,36,37)/t19-,21-. The highest BCUT2D eigenvalue weighted by molar-refractivity contribution is 7.53. The summed E-state index contributed by atoms with van der Waals surface area (Å²) >= 11 is 0. The fourth-order valence-corrected chi connectivity index (χ4v) is 7.69. The van der Waals surface area contributed by atoms with Crippen LogP contribution in [0.25, 0.3) is 0 Å². The maximum absolute atomic E-state index is 14.0. The number of halogens is 3. The normalized spacial score (nSPS) is 21.7. The molecule has 14 heteroatoms. The van der Waals surface area contributed by atoms with E-state index in [1.807, 2.05) is 6.07 Å². The van der Waals surface area contributed by atoms with Gasteiger partial charge in [-0.05, 0) is 72.9 Å². The predicted molar refractivity (Wildman–Crippen MR) is 157 cm³/mol. The molecule has 6 rings (SSSR count). The number of nitrogens with one attached hydrogen (secondary N) is 2. The highest BCUT2D eigenvalue weighted by atomic mass is 31.2. The van der Waals surface area contributed by atoms with Gasteiger partial charge in [0.1, 0.15) is 11.4 Å². The first-order chi connectivity index (χ1) is 21.0. The van der Waals surface area contributed by atoms with E-state index in [-0.39, 0.29) is 35.7 Å². The summed E-state index contributed by atoms with van der Waals surface area (Å²) in [7, 11) is -1.54. The molecule has 0 atom stereocenters. The first-order valence-corrected chi connectivity index (χ1v) is 16.3. The summed E-state index contributed by atoms with van der Waals surface area (Å²) in [5.74, 6) is -0.698. The smallest absolute Gasteiger partial charge is 0.393 e. The molecule has 3 heterocycles. The maximum Gasteiger partial charge on any atom is 0.421 e. The molecule has 1 aliphatic carbocycles. The Morgan fingerprint density at radius 3 is 2.43 bits per heavy atom. The number of anilines is 4. The SMILES string of the molecule is CN1Cc2c(c(Nc3nc(Nc4ccc(CP5(=O)OCCCO5)cc4)ncc3C(F)(F)F)ccc2[C@H]2CC[C@H](O)CC2)C1=O. The average Bonchev–Trinajstić information content (AvgIpc) is 3.28. The van der Waals surface area contributed by atoms with Gasteiger partial charge in [0.05, 0.1) is 36.7 Å². The number of hydrogen-bond acceptors (Lipinski definition) is 9. The van der Waals surface area contributed by atoms with Gasteiger partial charge in [-0.25, -0.2) is 4.98 Å². The Morgan fingerprint density at radius 1 is 1.05 bits per heavy atom. The van der Waals surface area contributed by atoms with Gasteiger partial charge in [-0.3, -0.25) is 9.36 Å². The third-order valence-corrected chi connectivity index (χ3v) is 10.1. The van der Waals surface area contributed by atoms with Gasteiger partial charge >= 0.3 is 13.8 Å². The van der Waals surface area contributed by atoms with E-state index in [0.29, 0.717) is 62.0 Å². The van der Waals surface area contributed by atoms with Crippen LogP contribution in [0.4, 0.5) is 36.3 Å². The van der Waals surface area contributed by atoms with E-state index in [0.717, 1.165) is 24.0 Å². The molecule has 234 valence electrons. The Bertz CT molecular complexity index is 1590. The van der Waals surface area contributed by atoms with Gasteiger partial charge in [-0.1, -0.05) is 18.2 Å². The molecule has 0 radical (unpaired) electrons. The molecule has 3 aromatic rings. The van der Waals surface area contributed by atoms with Crippen LogP contribution in [-0.4, -0.2) is 52.2 Å². The molecule has 2 aromatic carbocycles. The number of nitrogens with zero attached hydrogens (tertiary/aromatic N) is 3. The number of amides is 1. The Kier molecular flexibility index (Phi) is 8.40. The highest BCUT2D eigenvalue weighted by Crippen LogP contribution is 2.53. The number of carbonyl (C=O) groups is 1. The molecule has 1 aromatic heterocycles. The summed E-state index contributed by atoms with van der Waals surface area (Å²) in [6, 6.07) is 10.3. The van der Waals surface area contributed by atoms with Crippen molar-refractivity contribution in [2.75, 3.05) is 30.9 Å². The fraction of sp³-hybridized carbons (Fsp3) is 0.433. The monoisotopic (exact) mass is 631 g/mol. The first-order valence-electron chi connectivity index (χ1n) is 14.5. The predicted octanol–water partition coefficient (Wildman–Crippen LogP) is 6.72. The largest absolute Gasteiger partial charge is 0.421 e. The molecular formula is C30H33F3N5O5P. The Morgan fingerprint density at radius 2 is 1.75 bits per heavy atom. The zero-order chi connectivity index (χ0) is 31.1. The molecule has 1 saturated carbocycles. The second kappa shape index (κ2) is 12.1. The lowest BCUT2D eigenvalue weighted by Crippen LogP contribution is -2.18. The number of aliphatic hydroxyl groups excluding tert-OH is 1. The number of aliphatic hydroxyl groups is 1. The van der Waals surface area contributed by atoms with E-state index in [9.17, 15) is 27.6 Å². The highest BCUT2D eigenvalue weighted by Gasteiger charge is 2.37. The Labute approximate surface area is 252 Å². The molecule has 0 spiro atoms. The van der Waals surface area contributed by atoms with Crippen molar-refractivity contribution in [2.24, 2.45) is 0 Å². The molecule has 44 heavy (non-hydrogen) atoms. The van der Waals surface area contributed by atoms with E-state index in [4.69, 9.17) is 9.05 Å². The second-order valence-electron chi connectivity index (χ2n) is 11.4. The van der Waals surface area contributed by atoms with Crippen molar-refractivity contribution >= 4 is 36.6 Å². The van der Waals surface area contributed by atoms with Gasteiger partial charge in [-0.2, -0.15) is 18.2 Å². The van der Waals surface area contributed by atoms with Crippen LogP contribution in [0.15, 0.2) is 42.6 Å². The summed E-state index contributed by atoms with van der Waals surface area (Å²) in [6.45, 7) is 1.11. The van der Waals surface area contributed by atoms with Crippen LogP contribution in [0.1, 0.15) is 70.6 Å². The number of rotatable bonds is 7. The molecule has 1 saturated heterocycles. The van der Waals surface area contributed by atoms with Gasteiger partial charge in [0.2, 0.25) is 5.95 Å². The molecule has 0 unspecified atom stereocenters. The number of fused-ring (bicyclic) bond motifs is 1. The number of aromatic nitrogens is 2. The topological polar surface area (TPSA) is 126 Å². The molecule has 0 bridgehead atoms. The zero-order valence-electron chi connectivity index (χ0n) is 24.1. The maximum atomic E-state index is 14.0. The minimum absolute atomic E-state index is 0.0857. The third-order valence-electron chi connectivity index (χ3n) is 8.24. The van der Waals surface area contributed by atoms with E-state index >= 15 is 0 Å². The van der Waals surface area contributed by atoms with E-state index in [2.05, 4.69) is 20.6 Å². The van der Waals surface area contributed by atoms with Crippen LogP contribution in [0, 0.1) is 0 Å². The first kappa shape index (κ1) is 30.5. The quantitative estimate of drug-likeness (QED) is 0.244. The summed E-state index contributed by atoms with van der Waals surface area (Å²) in [5, 5.41) is 15.7. The van der Waals surface area contributed by atoms with Gasteiger partial charge in [0.25, 0.3) is 5.91 Å². The lowest BCUT2D eigenvalue weighted by molar-refractivity contribution is -0.137. The molecule has 3 N–H and O–H groups in total. The molecule has 3 aliphatic rings. The Hall–Kier alpha value is -3.51. The number of benzene rings is 2. The van der Waals surface area contributed by atoms with Gasteiger partial charge in [0, 0.05) is 25.5 Å². The minimum Gasteiger partial charge on any atom is -0.393 e. The van der Waals surface area contributed by atoms with Crippen LogP contribution in [-0.2, 0) is 32.5 Å².